The molecule has 22 nitrogen and oxygen atoms in total. The fraction of sp³-hybridized carbons (Fsp3) is 0.323. The summed E-state index contributed by atoms with van der Waals surface area (Å²) in [6, 6.07) is 20.1. The number of hydrogen-bond acceptors (Lipinski definition) is 17. The molecule has 9 aromatic rings. The van der Waals surface area contributed by atoms with E-state index >= 15 is 0 Å². The Balaban J connectivity index is 0.000000164. The molecule has 2 aliphatic carbocycles. The van der Waals surface area contributed by atoms with Crippen LogP contribution in [0, 0.1) is 27.6 Å². The van der Waals surface area contributed by atoms with Crippen LogP contribution in [0.3, 0.4) is 0 Å². The number of ether oxygens (including phenoxy) is 3. The van der Waals surface area contributed by atoms with Crippen molar-refractivity contribution in [1.29, 1.82) is 0 Å². The highest BCUT2D eigenvalue weighted by atomic mass is 32.1. The molecule has 92 heavy (non-hydrogen) atoms. The van der Waals surface area contributed by atoms with Gasteiger partial charge in [-0.25, -0.2) is 28.0 Å². The van der Waals surface area contributed by atoms with E-state index in [1.54, 1.807) is 139 Å². The summed E-state index contributed by atoms with van der Waals surface area (Å²) in [5.74, 6) is -3.00. The highest BCUT2D eigenvalue weighted by Crippen LogP contribution is 2.43. The van der Waals surface area contributed by atoms with Gasteiger partial charge >= 0.3 is 29.8 Å². The van der Waals surface area contributed by atoms with E-state index in [0.29, 0.717) is 54.4 Å². The van der Waals surface area contributed by atoms with Crippen LogP contribution in [0.15, 0.2) is 96.0 Å². The predicted octanol–water partition coefficient (Wildman–Crippen LogP) is 13.7. The average molecular weight is 1300 g/mol. The lowest BCUT2D eigenvalue weighted by molar-refractivity contribution is -0.387. The number of rotatable bonds is 12. The third-order valence-corrected chi connectivity index (χ3v) is 15.9. The van der Waals surface area contributed by atoms with E-state index in [-0.39, 0.29) is 17.3 Å². The molecule has 2 saturated carbocycles. The monoisotopic (exact) mass is 1300 g/mol. The number of anilines is 2. The normalized spacial score (nSPS) is 13.7. The van der Waals surface area contributed by atoms with Gasteiger partial charge in [-0.05, 0) is 151 Å². The van der Waals surface area contributed by atoms with Gasteiger partial charge in [-0.3, -0.25) is 38.9 Å². The maximum absolute atomic E-state index is 13.7. The van der Waals surface area contributed by atoms with Gasteiger partial charge in [-0.15, -0.1) is 22.7 Å². The molecule has 6 heterocycles. The number of nitro groups is 1. The quantitative estimate of drug-likeness (QED) is 0.0337. The maximum atomic E-state index is 13.7. The Morgan fingerprint density at radius 2 is 1.07 bits per heavy atom. The number of nitrogens with two attached hydrogens (primary N) is 2. The van der Waals surface area contributed by atoms with Crippen LogP contribution in [0.4, 0.5) is 39.8 Å². The lowest BCUT2D eigenvalue weighted by Gasteiger charge is -2.29. The topological polar surface area (TPSA) is 284 Å². The number of nitro benzene ring substituents is 1. The summed E-state index contributed by atoms with van der Waals surface area (Å²) in [5.41, 5.74) is 13.0. The molecule has 486 valence electrons. The third-order valence-electron chi connectivity index (χ3n) is 14.3. The molecule has 0 aliphatic heterocycles. The van der Waals surface area contributed by atoms with Gasteiger partial charge in [-0.1, -0.05) is 24.3 Å². The third kappa shape index (κ3) is 17.3. The van der Waals surface area contributed by atoms with E-state index in [1.807, 2.05) is 77.5 Å². The number of halogens is 3. The Kier molecular flexibility index (Phi) is 21.9. The van der Waals surface area contributed by atoms with Crippen LogP contribution in [-0.2, 0) is 44.9 Å². The van der Waals surface area contributed by atoms with E-state index in [2.05, 4.69) is 20.3 Å². The first-order chi connectivity index (χ1) is 43.3. The first kappa shape index (κ1) is 69.6. The minimum atomic E-state index is -1.03. The SMILES string of the molecule is CCOC(=O)C1(N(C)C(=O)OC(C)(C)C)CC1.CN(C(=O)OC(C)(C)C)C1(C(=O)O)CC1.Cn1nc(/C=C/c2cccnc2)c2cc(N)c(F)cc21.Cn1nc(/C=C/c2cccs2)c2cc(N)c(F)cc21.Cn1nc(/C=C/c2cccs2)c2cc([N+](=O)[O-])c(F)cc21. The number of aliphatic carboxylic acids is 1. The van der Waals surface area contributed by atoms with Crippen LogP contribution in [0.25, 0.3) is 69.2 Å². The van der Waals surface area contributed by atoms with E-state index in [0.717, 1.165) is 49.1 Å². The Morgan fingerprint density at radius 3 is 1.42 bits per heavy atom. The van der Waals surface area contributed by atoms with Crippen molar-refractivity contribution in [3.8, 4) is 0 Å². The zero-order valence-electron chi connectivity index (χ0n) is 52.9. The van der Waals surface area contributed by atoms with Crippen molar-refractivity contribution in [2.75, 3.05) is 32.2 Å². The van der Waals surface area contributed by atoms with Gasteiger partial charge in [0.25, 0.3) is 0 Å². The number of nitrogens with zero attached hydrogens (tertiary/aromatic N) is 10. The molecule has 0 saturated heterocycles. The number of esters is 1. The van der Waals surface area contributed by atoms with Crippen LogP contribution in [-0.4, -0.2) is 121 Å². The molecule has 0 radical (unpaired) electrons. The molecule has 5 N–H and O–H groups in total. The first-order valence-corrected chi connectivity index (χ1v) is 30.5. The summed E-state index contributed by atoms with van der Waals surface area (Å²) in [7, 11) is 8.29. The molecular weight excluding hydrogens is 1230 g/mol. The second kappa shape index (κ2) is 28.9. The number of aromatic nitrogens is 7. The zero-order chi connectivity index (χ0) is 67.6. The van der Waals surface area contributed by atoms with Gasteiger partial charge in [-0.2, -0.15) is 19.7 Å². The molecule has 0 unspecified atom stereocenters. The largest absolute Gasteiger partial charge is 0.479 e. The fourth-order valence-electron chi connectivity index (χ4n) is 9.07. The molecule has 2 amide bonds. The number of carbonyl (C=O) groups is 4. The number of aryl methyl sites for hydroxylation is 3. The number of fused-ring (bicyclic) bond motifs is 3. The lowest BCUT2D eigenvalue weighted by Crippen LogP contribution is -2.47. The number of nitrogen functional groups attached to an aromatic ring is 2. The summed E-state index contributed by atoms with van der Waals surface area (Å²) in [6.45, 7) is 12.7. The van der Waals surface area contributed by atoms with E-state index in [9.17, 15) is 42.5 Å². The van der Waals surface area contributed by atoms with Crippen molar-refractivity contribution in [3.05, 3.63) is 156 Å². The van der Waals surface area contributed by atoms with E-state index < -0.39 is 68.5 Å². The standard InChI is InChI=1S/C15H13FN4.C14H10FN3O2S.C14H12FN3S.C12H21NO4.C10H17NO4/c1-20-15-8-12(16)13(17)7-11(15)14(19-20)5-4-10-3-2-6-18-9-10;1-17-13-8-11(15)14(18(19)20)7-10(13)12(16-17)5-4-9-3-2-6-21-9;1-18-14-8-11(15)12(16)7-10(14)13(17-18)5-4-9-3-2-6-19-9;1-6-16-9(14)12(7-8-12)13(5)10(15)17-11(2,3)4;1-9(2,3)15-8(14)11(4)10(5-6-10)7(12)13/h2-9H,17H2,1H3;2-8H,1H3;2-8H,16H2,1H3;6-8H2,1-5H3;5-6H2,1-4H3,(H,12,13)/b3*5-4+;;. The molecule has 2 fully saturated rings. The second-order valence-electron chi connectivity index (χ2n) is 23.4. The summed E-state index contributed by atoms with van der Waals surface area (Å²) in [4.78, 5) is 65.1. The van der Waals surface area contributed by atoms with Gasteiger partial charge in [0.2, 0.25) is 5.82 Å². The van der Waals surface area contributed by atoms with Crippen molar-refractivity contribution in [2.45, 2.75) is 96.4 Å². The van der Waals surface area contributed by atoms with Crippen LogP contribution in [0.2, 0.25) is 0 Å². The average Bonchev–Trinajstić information content (AvgIpc) is 1.63. The molecule has 3 aromatic carbocycles. The Morgan fingerprint density at radius 1 is 0.652 bits per heavy atom. The number of thiophene rings is 2. The summed E-state index contributed by atoms with van der Waals surface area (Å²) < 4.78 is 60.8. The zero-order valence-corrected chi connectivity index (χ0v) is 54.6. The van der Waals surface area contributed by atoms with Gasteiger partial charge in [0, 0.05) is 97.8 Å². The number of hydrogen-bond donors (Lipinski definition) is 3. The number of carboxylic acid groups (broad SMARTS) is 1. The van der Waals surface area contributed by atoms with Crippen molar-refractivity contribution in [3.63, 3.8) is 0 Å². The molecule has 2 aliphatic rings. The lowest BCUT2D eigenvalue weighted by atomic mass is 10.1. The van der Waals surface area contributed by atoms with Crippen LogP contribution in [0.5, 0.6) is 0 Å². The number of pyridine rings is 1. The Hall–Kier alpha value is -9.89. The van der Waals surface area contributed by atoms with Gasteiger partial charge in [0.15, 0.2) is 0 Å². The highest BCUT2D eigenvalue weighted by Gasteiger charge is 2.58. The fourth-order valence-corrected chi connectivity index (χ4v) is 10.3. The minimum absolute atomic E-state index is 0.126. The van der Waals surface area contributed by atoms with Crippen molar-refractivity contribution >= 4 is 133 Å². The van der Waals surface area contributed by atoms with Gasteiger partial charge in [0.1, 0.15) is 33.9 Å². The minimum Gasteiger partial charge on any atom is -0.479 e. The van der Waals surface area contributed by atoms with Crippen molar-refractivity contribution in [2.24, 2.45) is 21.1 Å². The van der Waals surface area contributed by atoms with Crippen LogP contribution >= 0.6 is 22.7 Å². The molecule has 6 aromatic heterocycles. The smallest absolute Gasteiger partial charge is 0.410 e. The molecule has 11 rings (SSSR count). The summed E-state index contributed by atoms with van der Waals surface area (Å²) in [5, 5.41) is 39.1. The molecule has 27 heteroatoms. The molecule has 0 spiro atoms. The molecule has 0 atom stereocenters. The molecule has 0 bridgehead atoms. The maximum Gasteiger partial charge on any atom is 0.410 e. The number of likely N-dealkylation sites (N-methyl/N-ethyl adjacent to an activating group) is 2. The van der Waals surface area contributed by atoms with Crippen LogP contribution < -0.4 is 11.5 Å². The van der Waals surface area contributed by atoms with Gasteiger partial charge in [0.05, 0.1) is 56.5 Å². The second-order valence-corrected chi connectivity index (χ2v) is 25.3. The number of carboxylic acids is 1. The van der Waals surface area contributed by atoms with Crippen LogP contribution in [0.1, 0.15) is 107 Å². The summed E-state index contributed by atoms with van der Waals surface area (Å²) in [6.07, 6.45) is 16.0. The number of carbonyl (C=O) groups excluding carboxylic acids is 3. The predicted molar refractivity (Wildman–Crippen MR) is 353 cm³/mol. The molecular formula is C65H73F3N12O10S2. The number of amides is 2. The van der Waals surface area contributed by atoms with E-state index in [1.165, 1.54) is 39.7 Å². The van der Waals surface area contributed by atoms with Gasteiger partial charge < -0.3 is 30.8 Å². The Labute approximate surface area is 536 Å². The van der Waals surface area contributed by atoms with E-state index in [4.69, 9.17) is 30.8 Å². The number of benzene rings is 3. The Bertz CT molecular complexity index is 4220. The first-order valence-electron chi connectivity index (χ1n) is 28.8. The highest BCUT2D eigenvalue weighted by molar-refractivity contribution is 7.11. The summed E-state index contributed by atoms with van der Waals surface area (Å²) >= 11 is 3.23. The van der Waals surface area contributed by atoms with Crippen molar-refractivity contribution in [1.82, 2.24) is 44.1 Å². The van der Waals surface area contributed by atoms with Crippen molar-refractivity contribution < 1.29 is 56.6 Å².